The summed E-state index contributed by atoms with van der Waals surface area (Å²) in [4.78, 5) is 14.6. The van der Waals surface area contributed by atoms with E-state index in [2.05, 4.69) is 10.8 Å². The first-order chi connectivity index (χ1) is 14.1. The average Bonchev–Trinajstić information content (AvgIpc) is 2.68. The lowest BCUT2D eigenvalue weighted by Gasteiger charge is -2.23. The molecule has 2 aromatic rings. The van der Waals surface area contributed by atoms with Crippen molar-refractivity contribution in [2.75, 3.05) is 18.1 Å². The van der Waals surface area contributed by atoms with Gasteiger partial charge in [-0.2, -0.15) is 5.26 Å². The lowest BCUT2D eigenvalue weighted by atomic mass is 10.1. The van der Waals surface area contributed by atoms with Gasteiger partial charge in [0.05, 0.1) is 24.0 Å². The Kier molecular flexibility index (Phi) is 7.59. The third-order valence-corrected chi connectivity index (χ3v) is 5.78. The number of hydrogen-bond donors (Lipinski definition) is 1. The van der Waals surface area contributed by atoms with E-state index in [-0.39, 0.29) is 23.8 Å². The van der Waals surface area contributed by atoms with E-state index >= 15 is 0 Å². The van der Waals surface area contributed by atoms with Gasteiger partial charge in [-0.25, -0.2) is 13.1 Å². The molecule has 0 aliphatic carbocycles. The maximum atomic E-state index is 13.1. The minimum absolute atomic E-state index is 0.0821. The molecule has 1 N–H and O–H groups in total. The van der Waals surface area contributed by atoms with Crippen LogP contribution in [0.4, 0.5) is 5.69 Å². The number of carbonyl (C=O) groups excluding carboxylic acids is 1. The molecule has 0 radical (unpaired) electrons. The molecule has 0 saturated heterocycles. The maximum Gasteiger partial charge on any atom is 0.258 e. The monoisotopic (exact) mass is 429 g/mol. The summed E-state index contributed by atoms with van der Waals surface area (Å²) in [7, 11) is -3.69. The Labute approximate surface area is 178 Å². The van der Waals surface area contributed by atoms with Gasteiger partial charge in [0.15, 0.2) is 0 Å². The van der Waals surface area contributed by atoms with Crippen molar-refractivity contribution in [2.24, 2.45) is 0 Å². The lowest BCUT2D eigenvalue weighted by molar-refractivity contribution is 0.0987. The van der Waals surface area contributed by atoms with E-state index in [1.807, 2.05) is 6.92 Å². The van der Waals surface area contributed by atoms with Crippen LogP contribution < -0.4 is 14.4 Å². The first kappa shape index (κ1) is 23.4. The molecular weight excluding hydrogens is 402 g/mol. The van der Waals surface area contributed by atoms with Crippen molar-refractivity contribution >= 4 is 21.6 Å². The highest BCUT2D eigenvalue weighted by Gasteiger charge is 2.23. The Balaban J connectivity index is 2.29. The van der Waals surface area contributed by atoms with Gasteiger partial charge in [-0.3, -0.25) is 4.79 Å². The second-order valence-corrected chi connectivity index (χ2v) is 9.35. The van der Waals surface area contributed by atoms with Gasteiger partial charge in [0.25, 0.3) is 5.91 Å². The molecule has 0 spiro atoms. The Morgan fingerprint density at radius 3 is 2.20 bits per heavy atom. The first-order valence-corrected chi connectivity index (χ1v) is 11.1. The van der Waals surface area contributed by atoms with Gasteiger partial charge in [-0.15, -0.1) is 0 Å². The van der Waals surface area contributed by atoms with Gasteiger partial charge in [0.1, 0.15) is 5.75 Å². The van der Waals surface area contributed by atoms with E-state index in [1.165, 1.54) is 29.2 Å². The largest absolute Gasteiger partial charge is 0.494 e. The van der Waals surface area contributed by atoms with Gasteiger partial charge in [0.2, 0.25) is 10.0 Å². The predicted molar refractivity (Wildman–Crippen MR) is 116 cm³/mol. The van der Waals surface area contributed by atoms with Crippen LogP contribution in [0.5, 0.6) is 5.75 Å². The first-order valence-electron chi connectivity index (χ1n) is 9.63. The molecule has 0 aromatic heterocycles. The normalized spacial score (nSPS) is 11.6. The molecule has 0 unspecified atom stereocenters. The van der Waals surface area contributed by atoms with Crippen LogP contribution in [0.2, 0.25) is 0 Å². The number of anilines is 1. The van der Waals surface area contributed by atoms with Gasteiger partial charge < -0.3 is 9.64 Å². The van der Waals surface area contributed by atoms with Crippen molar-refractivity contribution in [1.29, 1.82) is 5.26 Å². The molecule has 0 heterocycles. The summed E-state index contributed by atoms with van der Waals surface area (Å²) in [6.07, 6.45) is 0.168. The lowest BCUT2D eigenvalue weighted by Crippen LogP contribution is -2.40. The minimum Gasteiger partial charge on any atom is -0.494 e. The number of sulfonamides is 1. The number of amides is 1. The summed E-state index contributed by atoms with van der Waals surface area (Å²) in [6, 6.07) is 14.9. The van der Waals surface area contributed by atoms with Crippen LogP contribution in [0.25, 0.3) is 0 Å². The van der Waals surface area contributed by atoms with Crippen LogP contribution in [0.15, 0.2) is 53.4 Å². The Bertz CT molecular complexity index is 1000. The van der Waals surface area contributed by atoms with Crippen LogP contribution >= 0.6 is 0 Å². The van der Waals surface area contributed by atoms with Crippen molar-refractivity contribution in [3.63, 3.8) is 0 Å². The standard InChI is InChI=1S/C22H27N3O4S/c1-5-29-19-11-9-18(10-12-19)25(16-6-15-23)21(26)17-7-13-20(14-8-17)30(27,28)24-22(2,3)4/h7-14,24H,5-6,16H2,1-4H3. The quantitative estimate of drug-likeness (QED) is 0.689. The van der Waals surface area contributed by atoms with Crippen molar-refractivity contribution in [2.45, 2.75) is 44.6 Å². The fourth-order valence-corrected chi connectivity index (χ4v) is 4.21. The number of nitrogens with one attached hydrogen (secondary N) is 1. The highest BCUT2D eigenvalue weighted by atomic mass is 32.2. The van der Waals surface area contributed by atoms with Gasteiger partial charge >= 0.3 is 0 Å². The van der Waals surface area contributed by atoms with Gasteiger partial charge in [-0.1, -0.05) is 0 Å². The van der Waals surface area contributed by atoms with Crippen LogP contribution in [0.1, 0.15) is 44.5 Å². The Morgan fingerprint density at radius 2 is 1.70 bits per heavy atom. The summed E-state index contributed by atoms with van der Waals surface area (Å²) in [5.74, 6) is 0.372. The van der Waals surface area contributed by atoms with Crippen molar-refractivity contribution in [3.8, 4) is 11.8 Å². The molecule has 8 heteroatoms. The molecule has 2 rings (SSSR count). The van der Waals surface area contributed by atoms with Crippen LogP contribution in [-0.4, -0.2) is 33.0 Å². The molecule has 30 heavy (non-hydrogen) atoms. The molecular formula is C22H27N3O4S. The summed E-state index contributed by atoms with van der Waals surface area (Å²) < 4.78 is 32.9. The number of carbonyl (C=O) groups is 1. The second kappa shape index (κ2) is 9.74. The van der Waals surface area contributed by atoms with Crippen LogP contribution in [-0.2, 0) is 10.0 Å². The summed E-state index contributed by atoms with van der Waals surface area (Å²) >= 11 is 0. The zero-order valence-corrected chi connectivity index (χ0v) is 18.5. The predicted octanol–water partition coefficient (Wildman–Crippen LogP) is 3.72. The number of rotatable bonds is 8. The minimum atomic E-state index is -3.69. The average molecular weight is 430 g/mol. The highest BCUT2D eigenvalue weighted by Crippen LogP contribution is 2.22. The van der Waals surface area contributed by atoms with E-state index in [0.29, 0.717) is 23.6 Å². The molecule has 0 aliphatic heterocycles. The maximum absolute atomic E-state index is 13.1. The topological polar surface area (TPSA) is 99.5 Å². The molecule has 0 aliphatic rings. The Hall–Kier alpha value is -2.89. The summed E-state index contributed by atoms with van der Waals surface area (Å²) in [6.45, 7) is 7.91. The fourth-order valence-electron chi connectivity index (χ4n) is 2.79. The zero-order chi connectivity index (χ0) is 22.4. The van der Waals surface area contributed by atoms with Gasteiger partial charge in [0, 0.05) is 23.3 Å². The van der Waals surface area contributed by atoms with Crippen molar-refractivity contribution in [1.82, 2.24) is 4.72 Å². The molecule has 1 amide bonds. The van der Waals surface area contributed by atoms with Crippen molar-refractivity contribution in [3.05, 3.63) is 54.1 Å². The molecule has 0 atom stereocenters. The summed E-state index contributed by atoms with van der Waals surface area (Å²) in [5.41, 5.74) is 0.344. The molecule has 2 aromatic carbocycles. The van der Waals surface area contributed by atoms with E-state index in [9.17, 15) is 13.2 Å². The van der Waals surface area contributed by atoms with E-state index in [1.54, 1.807) is 45.0 Å². The molecule has 160 valence electrons. The number of nitrogens with zero attached hydrogens (tertiary/aromatic N) is 2. The fraction of sp³-hybridized carbons (Fsp3) is 0.364. The number of nitriles is 1. The number of benzene rings is 2. The molecule has 0 saturated carbocycles. The Morgan fingerprint density at radius 1 is 1.10 bits per heavy atom. The highest BCUT2D eigenvalue weighted by molar-refractivity contribution is 7.89. The van der Waals surface area contributed by atoms with Crippen molar-refractivity contribution < 1.29 is 17.9 Å². The zero-order valence-electron chi connectivity index (χ0n) is 17.7. The van der Waals surface area contributed by atoms with Gasteiger partial charge in [-0.05, 0) is 76.2 Å². The van der Waals surface area contributed by atoms with Crippen LogP contribution in [0, 0.1) is 11.3 Å². The SMILES string of the molecule is CCOc1ccc(N(CCC#N)C(=O)c2ccc(S(=O)(=O)NC(C)(C)C)cc2)cc1. The summed E-state index contributed by atoms with van der Waals surface area (Å²) in [5, 5.41) is 8.97. The van der Waals surface area contributed by atoms with E-state index < -0.39 is 15.6 Å². The number of hydrogen-bond acceptors (Lipinski definition) is 5. The molecule has 7 nitrogen and oxygen atoms in total. The van der Waals surface area contributed by atoms with E-state index in [0.717, 1.165) is 0 Å². The van der Waals surface area contributed by atoms with E-state index in [4.69, 9.17) is 10.00 Å². The second-order valence-electron chi connectivity index (χ2n) is 7.67. The third kappa shape index (κ3) is 6.31. The number of ether oxygens (including phenoxy) is 1. The smallest absolute Gasteiger partial charge is 0.258 e. The van der Waals surface area contributed by atoms with Crippen LogP contribution in [0.3, 0.4) is 0 Å². The molecule has 0 fully saturated rings. The molecule has 0 bridgehead atoms. The third-order valence-electron chi connectivity index (χ3n) is 4.00.